The topological polar surface area (TPSA) is 87.8 Å². The summed E-state index contributed by atoms with van der Waals surface area (Å²) in [5.74, 6) is -1.72. The largest absolute Gasteiger partial charge is 0.475 e. The molecule has 6 nitrogen and oxygen atoms in total. The predicted molar refractivity (Wildman–Crippen MR) is 80.2 cm³/mol. The smallest absolute Gasteiger partial charge is 0.371 e. The van der Waals surface area contributed by atoms with Crippen molar-refractivity contribution in [1.82, 2.24) is 4.31 Å². The Labute approximate surface area is 129 Å². The van der Waals surface area contributed by atoms with E-state index in [1.54, 1.807) is 6.92 Å². The zero-order valence-electron chi connectivity index (χ0n) is 12.5. The minimum atomic E-state index is -3.91. The highest BCUT2D eigenvalue weighted by molar-refractivity contribution is 7.89. The van der Waals surface area contributed by atoms with Gasteiger partial charge in [0.1, 0.15) is 0 Å². The van der Waals surface area contributed by atoms with E-state index in [2.05, 4.69) is 0 Å². The lowest BCUT2D eigenvalue weighted by molar-refractivity contribution is 0.0656. The molecule has 1 atom stereocenters. The maximum atomic E-state index is 12.5. The van der Waals surface area contributed by atoms with Crippen LogP contribution in [0.5, 0.6) is 0 Å². The van der Waals surface area contributed by atoms with E-state index in [0.29, 0.717) is 0 Å². The molecule has 0 aliphatic carbocycles. The van der Waals surface area contributed by atoms with E-state index < -0.39 is 27.8 Å². The molecule has 2 rings (SSSR count). The van der Waals surface area contributed by atoms with Gasteiger partial charge in [-0.25, -0.2) is 13.2 Å². The van der Waals surface area contributed by atoms with Crippen LogP contribution in [-0.4, -0.2) is 30.8 Å². The fraction of sp³-hybridized carbons (Fsp3) is 0.267. The average Bonchev–Trinajstić information content (AvgIpc) is 2.97. The zero-order chi connectivity index (χ0) is 16.5. The van der Waals surface area contributed by atoms with E-state index in [0.717, 1.165) is 23.3 Å². The Morgan fingerprint density at radius 3 is 2.41 bits per heavy atom. The molecule has 0 fully saturated rings. The highest BCUT2D eigenvalue weighted by Gasteiger charge is 2.30. The number of carboxylic acid groups (broad SMARTS) is 1. The molecule has 0 saturated carbocycles. The second-order valence-electron chi connectivity index (χ2n) is 4.98. The molecule has 0 spiro atoms. The zero-order valence-corrected chi connectivity index (χ0v) is 13.3. The number of hydrogen-bond acceptors (Lipinski definition) is 4. The SMILES string of the molecule is Cc1ccccc1[C@@H](C)N(C)S(=O)(=O)c1ccc(C(=O)O)o1. The van der Waals surface area contributed by atoms with Crippen molar-refractivity contribution in [3.63, 3.8) is 0 Å². The van der Waals surface area contributed by atoms with Gasteiger partial charge in [-0.15, -0.1) is 0 Å². The average molecular weight is 323 g/mol. The van der Waals surface area contributed by atoms with Gasteiger partial charge < -0.3 is 9.52 Å². The van der Waals surface area contributed by atoms with E-state index in [4.69, 9.17) is 9.52 Å². The number of rotatable bonds is 5. The summed E-state index contributed by atoms with van der Waals surface area (Å²) in [5.41, 5.74) is 1.85. The summed E-state index contributed by atoms with van der Waals surface area (Å²) in [7, 11) is -2.47. The lowest BCUT2D eigenvalue weighted by Crippen LogP contribution is -2.30. The number of carbonyl (C=O) groups is 1. The van der Waals surface area contributed by atoms with Crippen LogP contribution in [0.1, 0.15) is 34.6 Å². The Kier molecular flexibility index (Phi) is 4.39. The maximum absolute atomic E-state index is 12.5. The monoisotopic (exact) mass is 323 g/mol. The Morgan fingerprint density at radius 2 is 1.86 bits per heavy atom. The molecule has 0 saturated heterocycles. The Balaban J connectivity index is 2.36. The van der Waals surface area contributed by atoms with Crippen LogP contribution in [0, 0.1) is 6.92 Å². The first kappa shape index (κ1) is 16.3. The molecule has 22 heavy (non-hydrogen) atoms. The highest BCUT2D eigenvalue weighted by atomic mass is 32.2. The Hall–Kier alpha value is -2.12. The van der Waals surface area contributed by atoms with E-state index in [9.17, 15) is 13.2 Å². The molecule has 1 heterocycles. The third-order valence-corrected chi connectivity index (χ3v) is 5.41. The minimum absolute atomic E-state index is 0.382. The van der Waals surface area contributed by atoms with Gasteiger partial charge in [0.15, 0.2) is 0 Å². The van der Waals surface area contributed by atoms with Crippen molar-refractivity contribution in [2.75, 3.05) is 7.05 Å². The summed E-state index contributed by atoms with van der Waals surface area (Å²) in [6, 6.07) is 9.35. The van der Waals surface area contributed by atoms with Gasteiger partial charge in [0.25, 0.3) is 10.0 Å². The van der Waals surface area contributed by atoms with Gasteiger partial charge in [0, 0.05) is 13.1 Å². The molecule has 118 valence electrons. The summed E-state index contributed by atoms with van der Waals surface area (Å²) in [5, 5.41) is 8.44. The lowest BCUT2D eigenvalue weighted by Gasteiger charge is -2.24. The number of furan rings is 1. The van der Waals surface area contributed by atoms with Crippen LogP contribution >= 0.6 is 0 Å². The molecule has 1 aromatic carbocycles. The summed E-state index contributed by atoms with van der Waals surface area (Å²) in [6.07, 6.45) is 0. The Morgan fingerprint density at radius 1 is 1.23 bits per heavy atom. The van der Waals surface area contributed by atoms with Gasteiger partial charge in [-0.1, -0.05) is 24.3 Å². The van der Waals surface area contributed by atoms with E-state index in [1.165, 1.54) is 11.4 Å². The van der Waals surface area contributed by atoms with Crippen LogP contribution in [0.4, 0.5) is 0 Å². The van der Waals surface area contributed by atoms with Crippen LogP contribution in [-0.2, 0) is 10.0 Å². The number of benzene rings is 1. The third kappa shape index (κ3) is 2.90. The van der Waals surface area contributed by atoms with Gasteiger partial charge >= 0.3 is 5.97 Å². The van der Waals surface area contributed by atoms with Crippen molar-refractivity contribution in [3.8, 4) is 0 Å². The van der Waals surface area contributed by atoms with Crippen molar-refractivity contribution in [1.29, 1.82) is 0 Å². The number of aryl methyl sites for hydroxylation is 1. The molecule has 2 aromatic rings. The van der Waals surface area contributed by atoms with Gasteiger partial charge in [0.05, 0.1) is 0 Å². The predicted octanol–water partition coefficient (Wildman–Crippen LogP) is 2.67. The van der Waals surface area contributed by atoms with E-state index in [1.807, 2.05) is 31.2 Å². The molecule has 0 aliphatic heterocycles. The molecular formula is C15H17NO5S. The van der Waals surface area contributed by atoms with Crippen LogP contribution in [0.25, 0.3) is 0 Å². The summed E-state index contributed by atoms with van der Waals surface area (Å²) in [4.78, 5) is 10.8. The van der Waals surface area contributed by atoms with E-state index in [-0.39, 0.29) is 5.09 Å². The fourth-order valence-corrected chi connectivity index (χ4v) is 3.42. The Bertz CT molecular complexity index is 794. The molecule has 0 aliphatic rings. The van der Waals surface area contributed by atoms with Gasteiger partial charge in [0.2, 0.25) is 10.9 Å². The first-order valence-electron chi connectivity index (χ1n) is 6.62. The van der Waals surface area contributed by atoms with Crippen molar-refractivity contribution in [3.05, 3.63) is 53.3 Å². The number of nitrogens with zero attached hydrogens (tertiary/aromatic N) is 1. The van der Waals surface area contributed by atoms with Crippen molar-refractivity contribution >= 4 is 16.0 Å². The molecule has 7 heteroatoms. The quantitative estimate of drug-likeness (QED) is 0.914. The highest BCUT2D eigenvalue weighted by Crippen LogP contribution is 2.28. The second kappa shape index (κ2) is 5.94. The molecule has 0 amide bonds. The van der Waals surface area contributed by atoms with Gasteiger partial charge in [-0.2, -0.15) is 4.31 Å². The fourth-order valence-electron chi connectivity index (χ4n) is 2.18. The molecule has 0 bridgehead atoms. The van der Waals surface area contributed by atoms with Crippen LogP contribution in [0.2, 0.25) is 0 Å². The molecule has 1 aromatic heterocycles. The van der Waals surface area contributed by atoms with Crippen LogP contribution in [0.15, 0.2) is 45.9 Å². The van der Waals surface area contributed by atoms with Crippen molar-refractivity contribution in [2.24, 2.45) is 0 Å². The molecule has 0 unspecified atom stereocenters. The minimum Gasteiger partial charge on any atom is -0.475 e. The number of aromatic carboxylic acids is 1. The normalized spacial score (nSPS) is 13.3. The number of hydrogen-bond donors (Lipinski definition) is 1. The molecule has 0 radical (unpaired) electrons. The number of sulfonamides is 1. The lowest BCUT2D eigenvalue weighted by atomic mass is 10.0. The van der Waals surface area contributed by atoms with Gasteiger partial charge in [-0.05, 0) is 37.1 Å². The van der Waals surface area contributed by atoms with Crippen molar-refractivity contribution < 1.29 is 22.7 Å². The van der Waals surface area contributed by atoms with E-state index >= 15 is 0 Å². The summed E-state index contributed by atoms with van der Waals surface area (Å²) < 4.78 is 31.2. The second-order valence-corrected chi connectivity index (χ2v) is 6.91. The summed E-state index contributed by atoms with van der Waals surface area (Å²) >= 11 is 0. The first-order chi connectivity index (χ1) is 10.2. The van der Waals surface area contributed by atoms with Crippen LogP contribution in [0.3, 0.4) is 0 Å². The maximum Gasteiger partial charge on any atom is 0.371 e. The van der Waals surface area contributed by atoms with Crippen molar-refractivity contribution in [2.45, 2.75) is 25.0 Å². The van der Waals surface area contributed by atoms with Gasteiger partial charge in [-0.3, -0.25) is 0 Å². The first-order valence-corrected chi connectivity index (χ1v) is 8.06. The van der Waals surface area contributed by atoms with Crippen LogP contribution < -0.4 is 0 Å². The third-order valence-electron chi connectivity index (χ3n) is 3.61. The molecular weight excluding hydrogens is 306 g/mol. The summed E-state index contributed by atoms with van der Waals surface area (Å²) in [6.45, 7) is 3.67. The standard InChI is InChI=1S/C15H17NO5S/c1-10-6-4-5-7-12(10)11(2)16(3)22(19,20)14-9-8-13(21-14)15(17)18/h4-9,11H,1-3H3,(H,17,18)/t11-/m1/s1. The number of carboxylic acids is 1. The molecule has 1 N–H and O–H groups in total.